The highest BCUT2D eigenvalue weighted by Gasteiger charge is 2.26. The predicted octanol–water partition coefficient (Wildman–Crippen LogP) is 4.93. The molecule has 14 heteroatoms. The van der Waals surface area contributed by atoms with Crippen molar-refractivity contribution in [1.82, 2.24) is 0 Å². The van der Waals surface area contributed by atoms with E-state index in [1.807, 2.05) is 41.0 Å². The van der Waals surface area contributed by atoms with Crippen molar-refractivity contribution in [2.24, 2.45) is 0 Å². The van der Waals surface area contributed by atoms with Crippen LogP contribution in [0.1, 0.15) is 31.2 Å². The summed E-state index contributed by atoms with van der Waals surface area (Å²) in [6.07, 6.45) is 5.68. The number of ether oxygens (including phenoxy) is 2. The normalized spacial score (nSPS) is 15.5. The van der Waals surface area contributed by atoms with E-state index >= 15 is 0 Å². The van der Waals surface area contributed by atoms with Crippen LogP contribution >= 0.6 is 23.1 Å². The van der Waals surface area contributed by atoms with Crippen LogP contribution in [0.5, 0.6) is 11.5 Å². The Kier molecular flexibility index (Phi) is 10.9. The maximum Gasteiger partial charge on any atom is 0.301 e. The number of hydrogen-bond donors (Lipinski definition) is 1. The van der Waals surface area contributed by atoms with Crippen LogP contribution in [0.4, 0.5) is 5.69 Å². The molecule has 0 saturated heterocycles. The topological polar surface area (TPSA) is 129 Å². The van der Waals surface area contributed by atoms with E-state index < -0.39 is 27.2 Å². The monoisotopic (exact) mass is 640 g/mol. The first-order valence-electron chi connectivity index (χ1n) is 12.9. The molecule has 0 spiro atoms. The molecule has 0 aliphatic carbocycles. The van der Waals surface area contributed by atoms with E-state index in [9.17, 15) is 17.2 Å². The maximum atomic E-state index is 11.3. The molecule has 1 aromatic heterocycles. The summed E-state index contributed by atoms with van der Waals surface area (Å²) in [6.45, 7) is 3.14. The van der Waals surface area contributed by atoms with Gasteiger partial charge in [-0.1, -0.05) is 30.0 Å². The zero-order valence-electron chi connectivity index (χ0n) is 22.9. The first-order valence-corrected chi connectivity index (χ1v) is 17.1. The highest BCUT2D eigenvalue weighted by Crippen LogP contribution is 2.48. The summed E-state index contributed by atoms with van der Waals surface area (Å²) in [7, 11) is -1.10. The number of thiazole rings is 1. The lowest BCUT2D eigenvalue weighted by Crippen LogP contribution is -2.36. The number of aromatic nitrogens is 1. The van der Waals surface area contributed by atoms with Crippen LogP contribution in [0.15, 0.2) is 58.0 Å². The smallest absolute Gasteiger partial charge is 0.301 e. The first-order chi connectivity index (χ1) is 19.6. The van der Waals surface area contributed by atoms with E-state index in [0.29, 0.717) is 25.3 Å². The minimum absolute atomic E-state index is 0.137. The summed E-state index contributed by atoms with van der Waals surface area (Å²) in [5, 5.41) is 1.93. The van der Waals surface area contributed by atoms with Gasteiger partial charge in [-0.3, -0.25) is 8.74 Å². The van der Waals surface area contributed by atoms with Gasteiger partial charge in [0.2, 0.25) is 5.52 Å². The van der Waals surface area contributed by atoms with Crippen LogP contribution < -0.4 is 18.9 Å². The SMILES string of the molecule is CCC(=Cc1sc2ccc(OC)cc2[n+]1CCCS(=O)(=O)[O-])C=C1Sc2ccc(OC)cc2N1CCCOS(=O)O. The second-order valence-corrected chi connectivity index (χ2v) is 13.4. The maximum absolute atomic E-state index is 11.3. The molecular formula is C27H32N2O8S4. The lowest BCUT2D eigenvalue weighted by Gasteiger charge is -2.21. The molecule has 1 N–H and O–H groups in total. The summed E-state index contributed by atoms with van der Waals surface area (Å²) in [4.78, 5) is 3.22. The van der Waals surface area contributed by atoms with Crippen LogP contribution in [0.25, 0.3) is 16.3 Å². The number of hydrogen-bond acceptors (Lipinski definition) is 10. The fourth-order valence-corrected chi connectivity index (χ4v) is 7.44. The third-order valence-electron chi connectivity index (χ3n) is 6.39. The number of aryl methyl sites for hydroxylation is 1. The zero-order valence-corrected chi connectivity index (χ0v) is 26.2. The molecule has 0 saturated carbocycles. The molecule has 0 amide bonds. The van der Waals surface area contributed by atoms with Crippen molar-refractivity contribution < 1.29 is 40.0 Å². The van der Waals surface area contributed by atoms with Crippen LogP contribution in [0.2, 0.25) is 0 Å². The number of fused-ring (bicyclic) bond motifs is 2. The van der Waals surface area contributed by atoms with Crippen molar-refractivity contribution in [3.63, 3.8) is 0 Å². The minimum atomic E-state index is -4.32. The van der Waals surface area contributed by atoms with Gasteiger partial charge in [-0.15, -0.1) is 0 Å². The van der Waals surface area contributed by atoms with E-state index in [1.165, 1.54) is 0 Å². The van der Waals surface area contributed by atoms with Crippen LogP contribution in [-0.2, 0) is 32.2 Å². The number of anilines is 1. The van der Waals surface area contributed by atoms with Gasteiger partial charge < -0.3 is 18.9 Å². The molecule has 2 aromatic carbocycles. The Morgan fingerprint density at radius 3 is 2.56 bits per heavy atom. The van der Waals surface area contributed by atoms with Crippen LogP contribution in [0, 0.1) is 0 Å². The van der Waals surface area contributed by atoms with E-state index in [2.05, 4.69) is 24.0 Å². The molecule has 4 rings (SSSR count). The second kappa shape index (κ2) is 14.1. The van der Waals surface area contributed by atoms with Crippen LogP contribution in [-0.4, -0.2) is 54.9 Å². The molecular weight excluding hydrogens is 609 g/mol. The molecule has 1 unspecified atom stereocenters. The Hall–Kier alpha value is -2.46. The van der Waals surface area contributed by atoms with E-state index in [1.54, 1.807) is 37.3 Å². The van der Waals surface area contributed by atoms with Gasteiger partial charge in [0.05, 0.1) is 47.7 Å². The number of rotatable bonds is 14. The lowest BCUT2D eigenvalue weighted by molar-refractivity contribution is -0.668. The predicted molar refractivity (Wildman–Crippen MR) is 162 cm³/mol. The summed E-state index contributed by atoms with van der Waals surface area (Å²) < 4.78 is 72.4. The van der Waals surface area contributed by atoms with Gasteiger partial charge in [0.1, 0.15) is 16.2 Å². The first kappa shape index (κ1) is 31.5. The standard InChI is InChI=1S/C27H32N2O8S4/c1-4-19(15-26-28(11-5-13-37-40(30)31)22-17-20(35-2)7-9-24(22)38-26)16-27-29(12-6-14-41(32,33)34)23-18-21(36-3)8-10-25(23)39-27/h7-10,15-18H,4-6,11-14H2,1-3H3,(H-,30,31,32,33,34). The second-order valence-electron chi connectivity index (χ2n) is 9.08. The van der Waals surface area contributed by atoms with Crippen molar-refractivity contribution in [3.05, 3.63) is 58.1 Å². The summed E-state index contributed by atoms with van der Waals surface area (Å²) in [5.74, 6) is 0.987. The van der Waals surface area contributed by atoms with Gasteiger partial charge in [0, 0.05) is 35.8 Å². The van der Waals surface area contributed by atoms with Gasteiger partial charge in [-0.2, -0.15) is 8.78 Å². The highest BCUT2D eigenvalue weighted by atomic mass is 32.2. The summed E-state index contributed by atoms with van der Waals surface area (Å²) in [6, 6.07) is 11.7. The molecule has 0 bridgehead atoms. The Morgan fingerprint density at radius 1 is 1.15 bits per heavy atom. The molecule has 222 valence electrons. The van der Waals surface area contributed by atoms with Crippen LogP contribution in [0.3, 0.4) is 0 Å². The molecule has 41 heavy (non-hydrogen) atoms. The van der Waals surface area contributed by atoms with Gasteiger partial charge in [-0.05, 0) is 48.8 Å². The Bertz CT molecular complexity index is 1580. The molecule has 1 aliphatic rings. The average Bonchev–Trinajstić information content (AvgIpc) is 3.45. The Balaban J connectivity index is 1.70. The fourth-order valence-electron chi connectivity index (χ4n) is 4.41. The molecule has 1 atom stereocenters. The van der Waals surface area contributed by atoms with Gasteiger partial charge >= 0.3 is 11.4 Å². The molecule has 1 aliphatic heterocycles. The lowest BCUT2D eigenvalue weighted by atomic mass is 10.2. The van der Waals surface area contributed by atoms with E-state index in [-0.39, 0.29) is 13.0 Å². The highest BCUT2D eigenvalue weighted by molar-refractivity contribution is 8.03. The number of methoxy groups -OCH3 is 2. The molecule has 10 nitrogen and oxygen atoms in total. The van der Waals surface area contributed by atoms with E-state index in [4.69, 9.17) is 18.2 Å². The summed E-state index contributed by atoms with van der Waals surface area (Å²) >= 11 is 0.908. The van der Waals surface area contributed by atoms with Crippen molar-refractivity contribution in [2.75, 3.05) is 38.0 Å². The fraction of sp³-hybridized carbons (Fsp3) is 0.370. The van der Waals surface area contributed by atoms with Gasteiger partial charge in [-0.25, -0.2) is 8.42 Å². The summed E-state index contributed by atoms with van der Waals surface area (Å²) in [5.41, 5.74) is 2.95. The van der Waals surface area contributed by atoms with E-state index in [0.717, 1.165) is 48.6 Å². The molecule has 0 radical (unpaired) electrons. The molecule has 2 heterocycles. The number of thioether (sulfide) groups is 1. The van der Waals surface area contributed by atoms with Crippen molar-refractivity contribution in [2.45, 2.75) is 37.6 Å². The third-order valence-corrected chi connectivity index (χ3v) is 9.77. The Morgan fingerprint density at radius 2 is 1.88 bits per heavy atom. The molecule has 0 fully saturated rings. The largest absolute Gasteiger partial charge is 0.748 e. The zero-order chi connectivity index (χ0) is 29.6. The van der Waals surface area contributed by atoms with Gasteiger partial charge in [0.15, 0.2) is 6.54 Å². The quantitative estimate of drug-likeness (QED) is 0.112. The third kappa shape index (κ3) is 8.31. The van der Waals surface area contributed by atoms with Crippen molar-refractivity contribution in [3.8, 4) is 11.5 Å². The molecule has 3 aromatic rings. The Labute approximate surface area is 250 Å². The number of benzene rings is 2. The minimum Gasteiger partial charge on any atom is -0.748 e. The van der Waals surface area contributed by atoms with Crippen molar-refractivity contribution in [1.29, 1.82) is 0 Å². The van der Waals surface area contributed by atoms with Crippen molar-refractivity contribution >= 4 is 66.6 Å². The van der Waals surface area contributed by atoms with Gasteiger partial charge in [0.25, 0.3) is 5.01 Å². The number of allylic oxidation sites excluding steroid dienone is 2. The average molecular weight is 641 g/mol. The number of nitrogens with zero attached hydrogens (tertiary/aromatic N) is 2.